The topological polar surface area (TPSA) is 134 Å². The number of carbonyl (C=O) groups is 3. The summed E-state index contributed by atoms with van der Waals surface area (Å²) in [5.74, 6) is 2.19. The van der Waals surface area contributed by atoms with Crippen molar-refractivity contribution in [3.8, 4) is 34.5 Å². The minimum absolute atomic E-state index is 0.116. The van der Waals surface area contributed by atoms with Crippen LogP contribution in [0.3, 0.4) is 0 Å². The molecule has 3 aliphatic heterocycles. The molecular formula is C34H39N3O9. The number of hydrogen-bond donors (Lipinski definition) is 2. The van der Waals surface area contributed by atoms with Crippen molar-refractivity contribution in [2.24, 2.45) is 0 Å². The molecule has 1 fully saturated rings. The molecule has 2 atom stereocenters. The van der Waals surface area contributed by atoms with Crippen LogP contribution in [0, 0.1) is 0 Å². The summed E-state index contributed by atoms with van der Waals surface area (Å²) in [5, 5.41) is 5.98. The number of fused-ring (bicyclic) bond motifs is 9. The minimum Gasteiger partial charge on any atom is -0.496 e. The van der Waals surface area contributed by atoms with E-state index in [9.17, 15) is 14.4 Å². The summed E-state index contributed by atoms with van der Waals surface area (Å²) in [5.41, 5.74) is 2.08. The Labute approximate surface area is 267 Å². The number of nitrogens with one attached hydrogen (secondary N) is 2. The fourth-order valence-corrected chi connectivity index (χ4v) is 5.59. The largest absolute Gasteiger partial charge is 0.496 e. The van der Waals surface area contributed by atoms with Crippen LogP contribution in [0.25, 0.3) is 0 Å². The SMILES string of the molecule is COc1cc2ccc1CNC(=O)CCc1ccc(OC)c(c1)OCC(=O)N[C@@H]1CN(C(=O)c3ccc(OC)c(OC)c3)CC[C@@H]1O2. The molecule has 12 nitrogen and oxygen atoms in total. The van der Waals surface area contributed by atoms with Crippen molar-refractivity contribution in [3.05, 3.63) is 71.3 Å². The van der Waals surface area contributed by atoms with Crippen LogP contribution in [-0.2, 0) is 22.6 Å². The number of carbonyl (C=O) groups excluding carboxylic acids is 3. The molecule has 3 amide bonds. The van der Waals surface area contributed by atoms with Crippen molar-refractivity contribution in [1.29, 1.82) is 0 Å². The van der Waals surface area contributed by atoms with Crippen molar-refractivity contribution in [1.82, 2.24) is 15.5 Å². The van der Waals surface area contributed by atoms with E-state index in [-0.39, 0.29) is 37.9 Å². The van der Waals surface area contributed by atoms with Crippen molar-refractivity contribution in [2.75, 3.05) is 48.1 Å². The van der Waals surface area contributed by atoms with Crippen LogP contribution in [0.4, 0.5) is 0 Å². The Bertz CT molecular complexity index is 1580. The third kappa shape index (κ3) is 7.56. The van der Waals surface area contributed by atoms with E-state index in [1.807, 2.05) is 12.1 Å². The Morgan fingerprint density at radius 2 is 1.59 bits per heavy atom. The van der Waals surface area contributed by atoms with Gasteiger partial charge in [-0.3, -0.25) is 14.4 Å². The second-order valence-electron chi connectivity index (χ2n) is 11.0. The smallest absolute Gasteiger partial charge is 0.258 e. The van der Waals surface area contributed by atoms with Crippen molar-refractivity contribution in [2.45, 2.75) is 38.0 Å². The van der Waals surface area contributed by atoms with Gasteiger partial charge in [0.25, 0.3) is 11.8 Å². The molecule has 244 valence electrons. The maximum absolute atomic E-state index is 13.6. The molecule has 46 heavy (non-hydrogen) atoms. The average molecular weight is 634 g/mol. The number of rotatable bonds is 5. The number of likely N-dealkylation sites (tertiary alicyclic amines) is 1. The van der Waals surface area contributed by atoms with Crippen molar-refractivity contribution in [3.63, 3.8) is 0 Å². The van der Waals surface area contributed by atoms with Gasteiger partial charge < -0.3 is 44.0 Å². The monoisotopic (exact) mass is 633 g/mol. The Balaban J connectivity index is 1.42. The van der Waals surface area contributed by atoms with E-state index >= 15 is 0 Å². The van der Waals surface area contributed by atoms with Crippen LogP contribution in [0.1, 0.15) is 34.3 Å². The maximum atomic E-state index is 13.6. The van der Waals surface area contributed by atoms with Gasteiger partial charge in [0, 0.05) is 49.7 Å². The van der Waals surface area contributed by atoms with Crippen LogP contribution in [0.2, 0.25) is 0 Å². The number of aryl methyl sites for hydroxylation is 1. The molecule has 0 spiro atoms. The van der Waals surface area contributed by atoms with E-state index in [4.69, 9.17) is 28.4 Å². The molecule has 12 heteroatoms. The van der Waals surface area contributed by atoms with Gasteiger partial charge in [-0.15, -0.1) is 0 Å². The van der Waals surface area contributed by atoms with Gasteiger partial charge in [-0.1, -0.05) is 6.07 Å². The van der Waals surface area contributed by atoms with E-state index in [0.29, 0.717) is 59.4 Å². The Morgan fingerprint density at radius 1 is 0.826 bits per heavy atom. The minimum atomic E-state index is -0.561. The van der Waals surface area contributed by atoms with Crippen molar-refractivity contribution >= 4 is 17.7 Å². The zero-order valence-electron chi connectivity index (χ0n) is 26.4. The molecule has 3 aliphatic rings. The van der Waals surface area contributed by atoms with E-state index < -0.39 is 18.1 Å². The average Bonchev–Trinajstić information content (AvgIpc) is 3.08. The van der Waals surface area contributed by atoms with Gasteiger partial charge in [-0.05, 0) is 54.4 Å². The molecule has 4 bridgehead atoms. The van der Waals surface area contributed by atoms with Gasteiger partial charge in [0.05, 0.1) is 34.5 Å². The normalized spacial score (nSPS) is 18.7. The fourth-order valence-electron chi connectivity index (χ4n) is 5.59. The highest BCUT2D eigenvalue weighted by molar-refractivity contribution is 5.95. The van der Waals surface area contributed by atoms with Crippen LogP contribution >= 0.6 is 0 Å². The lowest BCUT2D eigenvalue weighted by atomic mass is 10.00. The van der Waals surface area contributed by atoms with Crippen LogP contribution in [-0.4, -0.2) is 82.9 Å². The highest BCUT2D eigenvalue weighted by atomic mass is 16.5. The summed E-state index contributed by atoms with van der Waals surface area (Å²) in [6, 6.07) is 15.2. The summed E-state index contributed by atoms with van der Waals surface area (Å²) < 4.78 is 34.0. The Kier molecular flexibility index (Phi) is 10.4. The molecule has 3 aromatic carbocycles. The van der Waals surface area contributed by atoms with Gasteiger partial charge in [0.1, 0.15) is 17.6 Å². The van der Waals surface area contributed by atoms with E-state index in [1.54, 1.807) is 54.5 Å². The lowest BCUT2D eigenvalue weighted by molar-refractivity contribution is -0.125. The van der Waals surface area contributed by atoms with Gasteiger partial charge in [-0.2, -0.15) is 0 Å². The molecule has 3 heterocycles. The molecule has 3 aromatic rings. The van der Waals surface area contributed by atoms with E-state index in [2.05, 4.69) is 10.6 Å². The quantitative estimate of drug-likeness (QED) is 0.435. The second-order valence-corrected chi connectivity index (χ2v) is 11.0. The van der Waals surface area contributed by atoms with Crippen LogP contribution < -0.4 is 39.1 Å². The lowest BCUT2D eigenvalue weighted by Gasteiger charge is -2.39. The standard InChI is InChI=1S/C34H39N3O9/c1-41-27-11-8-22(16-30(27)44-4)34(40)37-14-13-26-25(19-37)36-33(39)20-45-31-15-21(5-10-28(31)42-2)6-12-32(38)35-18-23-7-9-24(46-26)17-29(23)43-3/h5,7-11,15-17,25-26H,6,12-14,18-20H2,1-4H3,(H,35,38)(H,36,39)/t25-,26+/m1/s1. The van der Waals surface area contributed by atoms with Gasteiger partial charge >= 0.3 is 0 Å². The summed E-state index contributed by atoms with van der Waals surface area (Å²) in [7, 11) is 6.12. The number of nitrogens with zero attached hydrogens (tertiary/aromatic N) is 1. The van der Waals surface area contributed by atoms with E-state index in [1.165, 1.54) is 21.3 Å². The summed E-state index contributed by atoms with van der Waals surface area (Å²) in [4.78, 5) is 41.2. The Hall–Kier alpha value is -5.13. The first-order valence-electron chi connectivity index (χ1n) is 15.0. The van der Waals surface area contributed by atoms with Crippen LogP contribution in [0.5, 0.6) is 34.5 Å². The molecule has 2 N–H and O–H groups in total. The molecule has 0 aromatic heterocycles. The third-order valence-corrected chi connectivity index (χ3v) is 8.06. The van der Waals surface area contributed by atoms with E-state index in [0.717, 1.165) is 11.1 Å². The first-order valence-corrected chi connectivity index (χ1v) is 15.0. The molecule has 0 saturated carbocycles. The Morgan fingerprint density at radius 3 is 2.35 bits per heavy atom. The summed E-state index contributed by atoms with van der Waals surface area (Å²) in [6.07, 6.45) is 0.711. The first kappa shape index (κ1) is 32.3. The fraction of sp³-hybridized carbons (Fsp3) is 0.382. The first-order chi connectivity index (χ1) is 22.3. The van der Waals surface area contributed by atoms with Gasteiger partial charge in [0.2, 0.25) is 5.91 Å². The molecule has 0 radical (unpaired) electrons. The number of amides is 3. The lowest BCUT2D eigenvalue weighted by Crippen LogP contribution is -2.58. The number of piperidine rings is 1. The zero-order chi connectivity index (χ0) is 32.6. The highest BCUT2D eigenvalue weighted by Crippen LogP contribution is 2.31. The van der Waals surface area contributed by atoms with Gasteiger partial charge in [-0.25, -0.2) is 0 Å². The number of methoxy groups -OCH3 is 4. The second kappa shape index (κ2) is 14.8. The molecule has 1 saturated heterocycles. The zero-order valence-corrected chi connectivity index (χ0v) is 26.4. The maximum Gasteiger partial charge on any atom is 0.258 e. The number of hydrogen-bond acceptors (Lipinski definition) is 9. The summed E-state index contributed by atoms with van der Waals surface area (Å²) in [6.45, 7) is 0.583. The highest BCUT2D eigenvalue weighted by Gasteiger charge is 2.35. The number of benzene rings is 3. The number of ether oxygens (including phenoxy) is 6. The van der Waals surface area contributed by atoms with Crippen molar-refractivity contribution < 1.29 is 42.8 Å². The molecular weight excluding hydrogens is 594 g/mol. The molecule has 0 aliphatic carbocycles. The predicted octanol–water partition coefficient (Wildman–Crippen LogP) is 3.14. The summed E-state index contributed by atoms with van der Waals surface area (Å²) >= 11 is 0. The third-order valence-electron chi connectivity index (χ3n) is 8.06. The predicted molar refractivity (Wildman–Crippen MR) is 168 cm³/mol. The van der Waals surface area contributed by atoms with Crippen LogP contribution in [0.15, 0.2) is 54.6 Å². The molecule has 0 unspecified atom stereocenters. The van der Waals surface area contributed by atoms with Gasteiger partial charge in [0.15, 0.2) is 29.6 Å². The molecule has 6 rings (SSSR count).